The van der Waals surface area contributed by atoms with Crippen LogP contribution in [0.4, 0.5) is 0 Å². The molecule has 0 aliphatic heterocycles. The lowest BCUT2D eigenvalue weighted by Gasteiger charge is -2.29. The van der Waals surface area contributed by atoms with Gasteiger partial charge < -0.3 is 5.32 Å². The van der Waals surface area contributed by atoms with Gasteiger partial charge in [0.25, 0.3) is 0 Å². The minimum Gasteiger partial charge on any atom is -0.310 e. The van der Waals surface area contributed by atoms with Gasteiger partial charge in [0.05, 0.1) is 0 Å². The van der Waals surface area contributed by atoms with Crippen molar-refractivity contribution in [3.05, 3.63) is 28.5 Å². The van der Waals surface area contributed by atoms with Crippen molar-refractivity contribution >= 4 is 15.9 Å². The van der Waals surface area contributed by atoms with E-state index in [1.54, 1.807) is 0 Å². The average molecular weight is 283 g/mol. The molecule has 1 aliphatic rings. The van der Waals surface area contributed by atoms with Crippen LogP contribution in [-0.4, -0.2) is 11.0 Å². The van der Waals surface area contributed by atoms with E-state index < -0.39 is 0 Å². The molecule has 0 radical (unpaired) electrons. The van der Waals surface area contributed by atoms with Gasteiger partial charge >= 0.3 is 0 Å². The summed E-state index contributed by atoms with van der Waals surface area (Å²) in [6, 6.07) is 2.82. The Labute approximate surface area is 106 Å². The molecule has 1 aromatic heterocycles. The molecule has 0 bridgehead atoms. The number of nitrogens with one attached hydrogen (secondary N) is 1. The summed E-state index contributed by atoms with van der Waals surface area (Å²) in [6.45, 7) is 3.29. The molecule has 0 saturated heterocycles. The van der Waals surface area contributed by atoms with Crippen molar-refractivity contribution in [1.29, 1.82) is 0 Å². The Bertz CT molecular complexity index is 340. The Balaban J connectivity index is 1.86. The molecule has 1 aromatic rings. The molecule has 1 fully saturated rings. The largest absolute Gasteiger partial charge is 0.310 e. The molecule has 88 valence electrons. The predicted octanol–water partition coefficient (Wildman–Crippen LogP) is 3.51. The van der Waals surface area contributed by atoms with E-state index in [-0.39, 0.29) is 0 Å². The Kier molecular flexibility index (Phi) is 4.36. The lowest BCUT2D eigenvalue weighted by Crippen LogP contribution is -2.36. The summed E-state index contributed by atoms with van der Waals surface area (Å²) in [5.74, 6) is 0.814. The van der Waals surface area contributed by atoms with Gasteiger partial charge in [-0.15, -0.1) is 0 Å². The lowest BCUT2D eigenvalue weighted by molar-refractivity contribution is 0.279. The lowest BCUT2D eigenvalue weighted by atomic mass is 9.86. The fourth-order valence-electron chi connectivity index (χ4n) is 2.42. The molecule has 1 saturated carbocycles. The number of aromatic nitrogens is 1. The molecule has 2 unspecified atom stereocenters. The third kappa shape index (κ3) is 3.29. The van der Waals surface area contributed by atoms with Gasteiger partial charge in [-0.1, -0.05) is 19.8 Å². The molecule has 0 amide bonds. The van der Waals surface area contributed by atoms with Gasteiger partial charge in [0.2, 0.25) is 0 Å². The first kappa shape index (κ1) is 12.1. The maximum Gasteiger partial charge on any atom is 0.0410 e. The number of pyridine rings is 1. The summed E-state index contributed by atoms with van der Waals surface area (Å²) in [5.41, 5.74) is 1.26. The summed E-state index contributed by atoms with van der Waals surface area (Å²) in [6.07, 6.45) is 9.23. The smallest absolute Gasteiger partial charge is 0.0410 e. The molecule has 2 nitrogen and oxygen atoms in total. The van der Waals surface area contributed by atoms with Gasteiger partial charge in [-0.25, -0.2) is 0 Å². The molecule has 2 atom stereocenters. The highest BCUT2D eigenvalue weighted by molar-refractivity contribution is 9.10. The molecule has 2 rings (SSSR count). The van der Waals surface area contributed by atoms with Crippen molar-refractivity contribution < 1.29 is 0 Å². The number of hydrogen-bond acceptors (Lipinski definition) is 2. The van der Waals surface area contributed by atoms with E-state index in [4.69, 9.17) is 0 Å². The molecule has 1 aliphatic carbocycles. The van der Waals surface area contributed by atoms with Crippen LogP contribution in [0.5, 0.6) is 0 Å². The first-order valence-corrected chi connectivity index (χ1v) is 6.88. The monoisotopic (exact) mass is 282 g/mol. The molecular weight excluding hydrogens is 264 g/mol. The van der Waals surface area contributed by atoms with Crippen molar-refractivity contribution in [3.63, 3.8) is 0 Å². The van der Waals surface area contributed by atoms with Crippen LogP contribution in [0.1, 0.15) is 38.2 Å². The van der Waals surface area contributed by atoms with Gasteiger partial charge in [0.15, 0.2) is 0 Å². The highest BCUT2D eigenvalue weighted by Crippen LogP contribution is 2.24. The fourth-order valence-corrected chi connectivity index (χ4v) is 2.83. The third-order valence-electron chi connectivity index (χ3n) is 3.44. The average Bonchev–Trinajstić information content (AvgIpc) is 2.28. The Morgan fingerprint density at radius 2 is 2.19 bits per heavy atom. The number of hydrogen-bond donors (Lipinski definition) is 1. The van der Waals surface area contributed by atoms with Crippen LogP contribution in [0.3, 0.4) is 0 Å². The highest BCUT2D eigenvalue weighted by Gasteiger charge is 2.20. The minimum absolute atomic E-state index is 0.688. The zero-order valence-corrected chi connectivity index (χ0v) is 11.3. The maximum absolute atomic E-state index is 4.18. The highest BCUT2D eigenvalue weighted by atomic mass is 79.9. The second kappa shape index (κ2) is 5.78. The molecule has 3 heteroatoms. The van der Waals surface area contributed by atoms with E-state index in [9.17, 15) is 0 Å². The van der Waals surface area contributed by atoms with E-state index in [2.05, 4.69) is 39.2 Å². The van der Waals surface area contributed by atoms with Crippen LogP contribution in [0.15, 0.2) is 22.9 Å². The summed E-state index contributed by atoms with van der Waals surface area (Å²) >= 11 is 3.45. The van der Waals surface area contributed by atoms with E-state index in [0.717, 1.165) is 16.9 Å². The maximum atomic E-state index is 4.18. The van der Waals surface area contributed by atoms with E-state index in [0.29, 0.717) is 6.04 Å². The quantitative estimate of drug-likeness (QED) is 0.918. The van der Waals surface area contributed by atoms with Crippen LogP contribution < -0.4 is 5.32 Å². The van der Waals surface area contributed by atoms with E-state index in [1.807, 2.05) is 12.4 Å². The molecule has 16 heavy (non-hydrogen) atoms. The van der Waals surface area contributed by atoms with Crippen LogP contribution in [-0.2, 0) is 6.54 Å². The van der Waals surface area contributed by atoms with Gasteiger partial charge in [-0.2, -0.15) is 0 Å². The Morgan fingerprint density at radius 1 is 1.38 bits per heavy atom. The second-order valence-corrected chi connectivity index (χ2v) is 5.68. The zero-order chi connectivity index (χ0) is 11.4. The number of nitrogens with zero attached hydrogens (tertiary/aromatic N) is 1. The summed E-state index contributed by atoms with van der Waals surface area (Å²) in [7, 11) is 0. The Morgan fingerprint density at radius 3 is 2.94 bits per heavy atom. The van der Waals surface area contributed by atoms with Gasteiger partial charge in [-0.05, 0) is 46.3 Å². The topological polar surface area (TPSA) is 24.9 Å². The number of rotatable bonds is 3. The molecule has 0 spiro atoms. The zero-order valence-electron chi connectivity index (χ0n) is 9.75. The molecule has 1 heterocycles. The summed E-state index contributed by atoms with van der Waals surface area (Å²) in [4.78, 5) is 4.18. The molecule has 0 aromatic carbocycles. The minimum atomic E-state index is 0.688. The molecular formula is C13H19BrN2. The van der Waals surface area contributed by atoms with E-state index >= 15 is 0 Å². The van der Waals surface area contributed by atoms with Crippen LogP contribution in [0.25, 0.3) is 0 Å². The van der Waals surface area contributed by atoms with Crippen molar-refractivity contribution in [2.45, 2.75) is 45.2 Å². The van der Waals surface area contributed by atoms with Gasteiger partial charge in [-0.3, -0.25) is 4.98 Å². The summed E-state index contributed by atoms with van der Waals surface area (Å²) in [5, 5.41) is 3.65. The number of halogens is 1. The van der Waals surface area contributed by atoms with Crippen molar-refractivity contribution in [2.75, 3.05) is 0 Å². The van der Waals surface area contributed by atoms with Crippen molar-refractivity contribution in [1.82, 2.24) is 10.3 Å². The van der Waals surface area contributed by atoms with Crippen molar-refractivity contribution in [2.24, 2.45) is 5.92 Å². The first-order valence-electron chi connectivity index (χ1n) is 6.08. The normalized spacial score (nSPS) is 25.6. The third-order valence-corrected chi connectivity index (χ3v) is 3.88. The van der Waals surface area contributed by atoms with E-state index in [1.165, 1.54) is 31.2 Å². The van der Waals surface area contributed by atoms with Crippen LogP contribution in [0.2, 0.25) is 0 Å². The Hall–Kier alpha value is -0.410. The first-order chi connectivity index (χ1) is 7.75. The van der Waals surface area contributed by atoms with Gasteiger partial charge in [0, 0.05) is 29.5 Å². The fraction of sp³-hybridized carbons (Fsp3) is 0.615. The SMILES string of the molecule is CC1CCCCC1NCc1cncc(Br)c1. The summed E-state index contributed by atoms with van der Waals surface area (Å²) < 4.78 is 1.06. The van der Waals surface area contributed by atoms with Crippen molar-refractivity contribution in [3.8, 4) is 0 Å². The molecule has 1 N–H and O–H groups in total. The standard InChI is InChI=1S/C13H19BrN2/c1-10-4-2-3-5-13(10)16-8-11-6-12(14)9-15-7-11/h6-7,9-10,13,16H,2-5,8H2,1H3. The predicted molar refractivity (Wildman–Crippen MR) is 70.2 cm³/mol. The second-order valence-electron chi connectivity index (χ2n) is 4.76. The van der Waals surface area contributed by atoms with Crippen LogP contribution in [0, 0.1) is 5.92 Å². The van der Waals surface area contributed by atoms with Gasteiger partial charge in [0.1, 0.15) is 0 Å². The van der Waals surface area contributed by atoms with Crippen LogP contribution >= 0.6 is 15.9 Å².